The lowest BCUT2D eigenvalue weighted by Crippen LogP contribution is -2.41. The molecule has 0 amide bonds. The average molecular weight is 284 g/mol. The summed E-state index contributed by atoms with van der Waals surface area (Å²) in [5.74, 6) is -0.640. The van der Waals surface area contributed by atoms with Gasteiger partial charge in [-0.15, -0.1) is 4.72 Å². The van der Waals surface area contributed by atoms with Gasteiger partial charge in [-0.05, 0) is 39.0 Å². The predicted octanol–water partition coefficient (Wildman–Crippen LogP) is 2.54. The van der Waals surface area contributed by atoms with Crippen molar-refractivity contribution in [3.8, 4) is 11.8 Å². The Morgan fingerprint density at radius 3 is 2.68 bits per heavy atom. The molecule has 0 saturated carbocycles. The molecule has 6 heteroatoms. The zero-order valence-corrected chi connectivity index (χ0v) is 11.9. The van der Waals surface area contributed by atoms with E-state index in [1.807, 2.05) is 6.07 Å². The number of nitrogens with one attached hydrogen (secondary N) is 1. The van der Waals surface area contributed by atoms with E-state index in [0.29, 0.717) is 0 Å². The summed E-state index contributed by atoms with van der Waals surface area (Å²) >= 11 is -1.42. The van der Waals surface area contributed by atoms with Gasteiger partial charge in [-0.1, -0.05) is 0 Å². The van der Waals surface area contributed by atoms with Crippen LogP contribution in [0.4, 0.5) is 4.39 Å². The number of aromatic hydroxyl groups is 1. The molecule has 0 aliphatic rings. The highest BCUT2D eigenvalue weighted by Crippen LogP contribution is 2.29. The number of nitrogens with zero attached hydrogens (tertiary/aromatic N) is 1. The summed E-state index contributed by atoms with van der Waals surface area (Å²) in [5, 5.41) is 18.5. The quantitative estimate of drug-likeness (QED) is 0.833. The molecule has 0 fully saturated rings. The molecule has 2 atom stereocenters. The van der Waals surface area contributed by atoms with Crippen molar-refractivity contribution < 1.29 is 14.0 Å². The van der Waals surface area contributed by atoms with E-state index in [-0.39, 0.29) is 17.7 Å². The highest BCUT2D eigenvalue weighted by atomic mass is 32.2. The Hall–Kier alpha value is -1.29. The van der Waals surface area contributed by atoms with Gasteiger partial charge in [-0.2, -0.15) is 5.26 Å². The van der Waals surface area contributed by atoms with E-state index >= 15 is 0 Å². The van der Waals surface area contributed by atoms with Crippen LogP contribution in [-0.4, -0.2) is 14.4 Å². The summed E-state index contributed by atoms with van der Waals surface area (Å²) in [6.45, 7) is 5.35. The molecule has 1 aromatic rings. The van der Waals surface area contributed by atoms with Gasteiger partial charge in [0.2, 0.25) is 0 Å². The van der Waals surface area contributed by atoms with Crippen molar-refractivity contribution in [1.82, 2.24) is 4.72 Å². The largest absolute Gasteiger partial charge is 0.598 e. The van der Waals surface area contributed by atoms with Gasteiger partial charge in [0, 0.05) is 16.9 Å². The lowest BCUT2D eigenvalue weighted by atomic mass is 10.0. The Morgan fingerprint density at radius 2 is 2.16 bits per heavy atom. The molecule has 2 N–H and O–H groups in total. The average Bonchev–Trinajstić information content (AvgIpc) is 2.30. The molecule has 4 nitrogen and oxygen atoms in total. The van der Waals surface area contributed by atoms with Crippen molar-refractivity contribution in [2.24, 2.45) is 0 Å². The maximum Gasteiger partial charge on any atom is 0.136 e. The first-order chi connectivity index (χ1) is 8.75. The van der Waals surface area contributed by atoms with Gasteiger partial charge in [-0.3, -0.25) is 0 Å². The number of halogens is 1. The van der Waals surface area contributed by atoms with E-state index in [0.717, 1.165) is 12.1 Å². The molecule has 0 bridgehead atoms. The summed E-state index contributed by atoms with van der Waals surface area (Å²) in [6, 6.07) is 4.75. The highest BCUT2D eigenvalue weighted by Gasteiger charge is 2.30. The van der Waals surface area contributed by atoms with Crippen molar-refractivity contribution in [3.05, 3.63) is 29.6 Å². The summed E-state index contributed by atoms with van der Waals surface area (Å²) in [4.78, 5) is 0. The summed E-state index contributed by atoms with van der Waals surface area (Å²) in [6.07, 6.45) is -0.0150. The Balaban J connectivity index is 3.01. The van der Waals surface area contributed by atoms with Crippen LogP contribution in [0.1, 0.15) is 38.8 Å². The number of rotatable bonds is 4. The molecule has 0 spiro atoms. The molecule has 0 radical (unpaired) electrons. The van der Waals surface area contributed by atoms with Crippen LogP contribution in [0.3, 0.4) is 0 Å². The van der Waals surface area contributed by atoms with E-state index < -0.39 is 28.0 Å². The molecule has 0 unspecified atom stereocenters. The van der Waals surface area contributed by atoms with Crippen LogP contribution in [0.25, 0.3) is 0 Å². The number of hydrogen-bond donors (Lipinski definition) is 2. The maximum absolute atomic E-state index is 13.2. The molecular formula is C13H17FN2O2S. The molecule has 0 aliphatic carbocycles. The smallest absolute Gasteiger partial charge is 0.136 e. The van der Waals surface area contributed by atoms with Gasteiger partial charge in [0.1, 0.15) is 16.3 Å². The van der Waals surface area contributed by atoms with Gasteiger partial charge in [0.05, 0.1) is 18.5 Å². The number of nitriles is 1. The van der Waals surface area contributed by atoms with Gasteiger partial charge in [0.15, 0.2) is 0 Å². The van der Waals surface area contributed by atoms with E-state index in [9.17, 15) is 14.0 Å². The van der Waals surface area contributed by atoms with E-state index in [2.05, 4.69) is 4.72 Å². The van der Waals surface area contributed by atoms with Gasteiger partial charge >= 0.3 is 0 Å². The van der Waals surface area contributed by atoms with Crippen LogP contribution in [0, 0.1) is 17.1 Å². The molecule has 0 saturated heterocycles. The Morgan fingerprint density at radius 1 is 1.53 bits per heavy atom. The number of phenolic OH excluding ortho intramolecular Hbond substituents is 1. The molecule has 19 heavy (non-hydrogen) atoms. The fourth-order valence-corrected chi connectivity index (χ4v) is 2.24. The molecule has 104 valence electrons. The zero-order chi connectivity index (χ0) is 14.6. The first-order valence-corrected chi connectivity index (χ1v) is 6.94. The molecule has 0 aliphatic heterocycles. The third-order valence-electron chi connectivity index (χ3n) is 2.47. The van der Waals surface area contributed by atoms with Crippen molar-refractivity contribution in [1.29, 1.82) is 5.26 Å². The minimum atomic E-state index is -1.42. The maximum atomic E-state index is 13.2. The van der Waals surface area contributed by atoms with Crippen molar-refractivity contribution in [2.75, 3.05) is 0 Å². The summed E-state index contributed by atoms with van der Waals surface area (Å²) < 4.78 is 27.5. The highest BCUT2D eigenvalue weighted by molar-refractivity contribution is 7.90. The third-order valence-corrected chi connectivity index (χ3v) is 4.08. The lowest BCUT2D eigenvalue weighted by Gasteiger charge is -2.27. The molecular weight excluding hydrogens is 267 g/mol. The molecule has 1 rings (SSSR count). The normalized spacial score (nSPS) is 14.7. The van der Waals surface area contributed by atoms with E-state index in [4.69, 9.17) is 5.26 Å². The fraction of sp³-hybridized carbons (Fsp3) is 0.462. The third kappa shape index (κ3) is 4.39. The first kappa shape index (κ1) is 15.8. The van der Waals surface area contributed by atoms with Gasteiger partial charge in [-0.25, -0.2) is 4.39 Å². The van der Waals surface area contributed by atoms with E-state index in [1.165, 1.54) is 6.07 Å². The van der Waals surface area contributed by atoms with Crippen LogP contribution in [-0.2, 0) is 11.4 Å². The van der Waals surface area contributed by atoms with Gasteiger partial charge in [0.25, 0.3) is 0 Å². The molecule has 1 aromatic carbocycles. The van der Waals surface area contributed by atoms with Crippen LogP contribution >= 0.6 is 0 Å². The monoisotopic (exact) mass is 284 g/mol. The van der Waals surface area contributed by atoms with Gasteiger partial charge < -0.3 is 9.66 Å². The number of hydrogen-bond acceptors (Lipinski definition) is 4. The van der Waals surface area contributed by atoms with Crippen LogP contribution in [0.5, 0.6) is 5.75 Å². The fourth-order valence-electron chi connectivity index (χ4n) is 1.42. The SMILES string of the molecule is CC(C)(C)[S@@+]([O-])N[C@@H](CC#N)c1cc(F)ccc1O. The second-order valence-corrected chi connectivity index (χ2v) is 7.11. The van der Waals surface area contributed by atoms with Crippen molar-refractivity contribution in [2.45, 2.75) is 38.0 Å². The predicted molar refractivity (Wildman–Crippen MR) is 72.1 cm³/mol. The van der Waals surface area contributed by atoms with E-state index in [1.54, 1.807) is 20.8 Å². The van der Waals surface area contributed by atoms with Crippen LogP contribution < -0.4 is 4.72 Å². The Kier molecular flexibility index (Phi) is 5.18. The van der Waals surface area contributed by atoms with Crippen LogP contribution in [0.2, 0.25) is 0 Å². The Bertz CT molecular complexity index is 483. The lowest BCUT2D eigenvalue weighted by molar-refractivity contribution is 0.452. The van der Waals surface area contributed by atoms with Crippen LogP contribution in [0.15, 0.2) is 18.2 Å². The number of phenols is 1. The first-order valence-electron chi connectivity index (χ1n) is 5.79. The molecule has 0 heterocycles. The standard InChI is InChI=1S/C13H17FN2O2S/c1-13(2,3)19(18)16-11(6-7-15)10-8-9(14)4-5-12(10)17/h4-5,8,11,16-17H,6H2,1-3H3/t11-,19+/m0/s1. The molecule has 0 aromatic heterocycles. The summed E-state index contributed by atoms with van der Waals surface area (Å²) in [7, 11) is 0. The minimum absolute atomic E-state index is 0.0150. The second kappa shape index (κ2) is 6.24. The second-order valence-electron chi connectivity index (χ2n) is 5.12. The van der Waals surface area contributed by atoms with Crippen molar-refractivity contribution >= 4 is 11.4 Å². The topological polar surface area (TPSA) is 79.1 Å². The van der Waals surface area contributed by atoms with Crippen molar-refractivity contribution in [3.63, 3.8) is 0 Å². The zero-order valence-electron chi connectivity index (χ0n) is 11.1. The summed E-state index contributed by atoms with van der Waals surface area (Å²) in [5.41, 5.74) is 0.235. The minimum Gasteiger partial charge on any atom is -0.598 e. The Labute approximate surface area is 115 Å². The number of benzene rings is 1.